The van der Waals surface area contributed by atoms with E-state index in [1.54, 1.807) is 47.5 Å². The Labute approximate surface area is 133 Å². The third kappa shape index (κ3) is 4.06. The molecule has 2 unspecified atom stereocenters. The van der Waals surface area contributed by atoms with Crippen LogP contribution in [0.4, 0.5) is 0 Å². The number of aliphatic hydroxyl groups is 1. The molecule has 1 heterocycles. The summed E-state index contributed by atoms with van der Waals surface area (Å²) in [5.74, 6) is -0.0849. The lowest BCUT2D eigenvalue weighted by Crippen LogP contribution is -2.30. The van der Waals surface area contributed by atoms with Crippen LogP contribution in [0.25, 0.3) is 0 Å². The molecule has 0 saturated carbocycles. The van der Waals surface area contributed by atoms with Crippen LogP contribution < -0.4 is 0 Å². The molecular formula is C16H18ClNO2S. The van der Waals surface area contributed by atoms with Gasteiger partial charge in [0.2, 0.25) is 5.91 Å². The van der Waals surface area contributed by atoms with Crippen molar-refractivity contribution >= 4 is 28.8 Å². The summed E-state index contributed by atoms with van der Waals surface area (Å²) in [5.41, 5.74) is 0.699. The predicted octanol–water partition coefficient (Wildman–Crippen LogP) is 4.04. The molecule has 0 saturated heterocycles. The van der Waals surface area contributed by atoms with E-state index in [1.807, 2.05) is 24.4 Å². The SMILES string of the molecule is CC(c1cccs1)N(C)C(=O)CC(O)c1ccc(Cl)cc1. The van der Waals surface area contributed by atoms with Gasteiger partial charge in [-0.05, 0) is 36.1 Å². The number of carbonyl (C=O) groups excluding carboxylic acids is 1. The summed E-state index contributed by atoms with van der Waals surface area (Å²) in [6.07, 6.45) is -0.749. The Kier molecular flexibility index (Phi) is 5.39. The monoisotopic (exact) mass is 323 g/mol. The van der Waals surface area contributed by atoms with Crippen molar-refractivity contribution in [1.29, 1.82) is 0 Å². The first-order chi connectivity index (χ1) is 9.99. The maximum Gasteiger partial charge on any atom is 0.225 e. The zero-order valence-corrected chi connectivity index (χ0v) is 13.6. The molecule has 3 nitrogen and oxygen atoms in total. The maximum absolute atomic E-state index is 12.3. The number of rotatable bonds is 5. The number of nitrogens with zero attached hydrogens (tertiary/aromatic N) is 1. The Morgan fingerprint density at radius 1 is 1.33 bits per heavy atom. The second kappa shape index (κ2) is 7.07. The van der Waals surface area contributed by atoms with Crippen molar-refractivity contribution in [3.63, 3.8) is 0 Å². The molecule has 21 heavy (non-hydrogen) atoms. The number of aliphatic hydroxyl groups excluding tert-OH is 1. The molecule has 2 aromatic rings. The van der Waals surface area contributed by atoms with Gasteiger partial charge in [0.15, 0.2) is 0 Å². The molecule has 0 fully saturated rings. The fourth-order valence-electron chi connectivity index (χ4n) is 2.05. The van der Waals surface area contributed by atoms with Crippen molar-refractivity contribution < 1.29 is 9.90 Å². The van der Waals surface area contributed by atoms with Gasteiger partial charge in [-0.1, -0.05) is 29.8 Å². The van der Waals surface area contributed by atoms with E-state index in [2.05, 4.69) is 0 Å². The normalized spacial score (nSPS) is 13.7. The van der Waals surface area contributed by atoms with E-state index in [9.17, 15) is 9.90 Å². The van der Waals surface area contributed by atoms with Gasteiger partial charge < -0.3 is 10.0 Å². The molecule has 0 aliphatic rings. The average Bonchev–Trinajstić information content (AvgIpc) is 3.00. The molecular weight excluding hydrogens is 306 g/mol. The van der Waals surface area contributed by atoms with Gasteiger partial charge in [0.05, 0.1) is 18.6 Å². The molecule has 0 radical (unpaired) electrons. The van der Waals surface area contributed by atoms with Gasteiger partial charge in [-0.2, -0.15) is 0 Å². The first-order valence-electron chi connectivity index (χ1n) is 6.71. The second-order valence-electron chi connectivity index (χ2n) is 4.97. The lowest BCUT2D eigenvalue weighted by molar-refractivity contribution is -0.133. The van der Waals surface area contributed by atoms with Crippen LogP contribution in [0.1, 0.15) is 35.9 Å². The van der Waals surface area contributed by atoms with E-state index in [1.165, 1.54) is 0 Å². The Bertz CT molecular complexity index is 583. The van der Waals surface area contributed by atoms with E-state index in [4.69, 9.17) is 11.6 Å². The molecule has 0 aliphatic heterocycles. The molecule has 2 atom stereocenters. The number of hydrogen-bond acceptors (Lipinski definition) is 3. The van der Waals surface area contributed by atoms with Crippen LogP contribution in [-0.2, 0) is 4.79 Å². The Hall–Kier alpha value is -1.36. The lowest BCUT2D eigenvalue weighted by atomic mass is 10.1. The Morgan fingerprint density at radius 3 is 2.57 bits per heavy atom. The topological polar surface area (TPSA) is 40.5 Å². The summed E-state index contributed by atoms with van der Waals surface area (Å²) < 4.78 is 0. The summed E-state index contributed by atoms with van der Waals surface area (Å²) in [7, 11) is 1.77. The van der Waals surface area contributed by atoms with Gasteiger partial charge >= 0.3 is 0 Å². The zero-order valence-electron chi connectivity index (χ0n) is 12.0. The number of benzene rings is 1. The van der Waals surface area contributed by atoms with Crippen LogP contribution in [0.5, 0.6) is 0 Å². The van der Waals surface area contributed by atoms with Gasteiger partial charge in [0.1, 0.15) is 0 Å². The third-order valence-corrected chi connectivity index (χ3v) is 4.85. The van der Waals surface area contributed by atoms with Crippen LogP contribution in [0.3, 0.4) is 0 Å². The smallest absolute Gasteiger partial charge is 0.225 e. The average molecular weight is 324 g/mol. The quantitative estimate of drug-likeness (QED) is 0.902. The Morgan fingerprint density at radius 2 is 2.00 bits per heavy atom. The van der Waals surface area contributed by atoms with Crippen LogP contribution in [-0.4, -0.2) is 23.0 Å². The summed E-state index contributed by atoms with van der Waals surface area (Å²) in [6.45, 7) is 1.98. The van der Waals surface area contributed by atoms with E-state index >= 15 is 0 Å². The first-order valence-corrected chi connectivity index (χ1v) is 7.97. The fraction of sp³-hybridized carbons (Fsp3) is 0.312. The van der Waals surface area contributed by atoms with Gasteiger partial charge in [-0.15, -0.1) is 11.3 Å². The van der Waals surface area contributed by atoms with Crippen LogP contribution in [0, 0.1) is 0 Å². The van der Waals surface area contributed by atoms with Crippen molar-refractivity contribution in [3.05, 3.63) is 57.2 Å². The fourth-order valence-corrected chi connectivity index (χ4v) is 3.00. The number of amides is 1. The first kappa shape index (κ1) is 16.0. The maximum atomic E-state index is 12.3. The standard InChI is InChI=1S/C16H18ClNO2S/c1-11(15-4-3-9-21-15)18(2)16(20)10-14(19)12-5-7-13(17)8-6-12/h3-9,11,14,19H,10H2,1-2H3. The molecule has 0 bridgehead atoms. The molecule has 2 rings (SSSR count). The number of hydrogen-bond donors (Lipinski definition) is 1. The van der Waals surface area contributed by atoms with E-state index in [-0.39, 0.29) is 18.4 Å². The zero-order chi connectivity index (χ0) is 15.4. The van der Waals surface area contributed by atoms with Gasteiger partial charge in [-0.25, -0.2) is 0 Å². The molecule has 5 heteroatoms. The summed E-state index contributed by atoms with van der Waals surface area (Å²) in [5, 5.41) is 12.8. The Balaban J connectivity index is 1.98. The molecule has 1 aromatic heterocycles. The van der Waals surface area contributed by atoms with E-state index < -0.39 is 6.10 Å². The van der Waals surface area contributed by atoms with Gasteiger partial charge in [0.25, 0.3) is 0 Å². The van der Waals surface area contributed by atoms with E-state index in [0.29, 0.717) is 10.6 Å². The predicted molar refractivity (Wildman–Crippen MR) is 86.5 cm³/mol. The highest BCUT2D eigenvalue weighted by molar-refractivity contribution is 7.10. The van der Waals surface area contributed by atoms with Crippen molar-refractivity contribution in [1.82, 2.24) is 4.90 Å². The molecule has 1 N–H and O–H groups in total. The van der Waals surface area contributed by atoms with Crippen molar-refractivity contribution in [2.75, 3.05) is 7.05 Å². The molecule has 1 aromatic carbocycles. The molecule has 0 aliphatic carbocycles. The number of carbonyl (C=O) groups is 1. The van der Waals surface area contributed by atoms with Crippen LogP contribution >= 0.6 is 22.9 Å². The van der Waals surface area contributed by atoms with Crippen molar-refractivity contribution in [2.24, 2.45) is 0 Å². The minimum absolute atomic E-state index is 0.00918. The molecule has 0 spiro atoms. The van der Waals surface area contributed by atoms with Crippen molar-refractivity contribution in [3.8, 4) is 0 Å². The highest BCUT2D eigenvalue weighted by Crippen LogP contribution is 2.26. The molecule has 1 amide bonds. The summed E-state index contributed by atoms with van der Waals surface area (Å²) in [6, 6.07) is 10.9. The highest BCUT2D eigenvalue weighted by atomic mass is 35.5. The lowest BCUT2D eigenvalue weighted by Gasteiger charge is -2.25. The number of halogens is 1. The largest absolute Gasteiger partial charge is 0.388 e. The van der Waals surface area contributed by atoms with Crippen LogP contribution in [0.2, 0.25) is 5.02 Å². The minimum Gasteiger partial charge on any atom is -0.388 e. The van der Waals surface area contributed by atoms with Gasteiger partial charge in [-0.3, -0.25) is 4.79 Å². The minimum atomic E-state index is -0.812. The second-order valence-corrected chi connectivity index (χ2v) is 6.38. The van der Waals surface area contributed by atoms with Crippen molar-refractivity contribution in [2.45, 2.75) is 25.5 Å². The van der Waals surface area contributed by atoms with E-state index in [0.717, 1.165) is 4.88 Å². The highest BCUT2D eigenvalue weighted by Gasteiger charge is 2.21. The summed E-state index contributed by atoms with van der Waals surface area (Å²) in [4.78, 5) is 15.1. The summed E-state index contributed by atoms with van der Waals surface area (Å²) >= 11 is 7.44. The molecule has 112 valence electrons. The number of thiophene rings is 1. The van der Waals surface area contributed by atoms with Crippen LogP contribution in [0.15, 0.2) is 41.8 Å². The van der Waals surface area contributed by atoms with Gasteiger partial charge in [0, 0.05) is 16.9 Å². The third-order valence-electron chi connectivity index (χ3n) is 3.55.